The molecule has 5 nitrogen and oxygen atoms in total. The summed E-state index contributed by atoms with van der Waals surface area (Å²) in [5, 5.41) is 2.86. The fraction of sp³-hybridized carbons (Fsp3) is 0.304. The predicted molar refractivity (Wildman–Crippen MR) is 113 cm³/mol. The normalized spacial score (nSPS) is 13.8. The number of H-pyrrole nitrogens is 1. The molecule has 1 fully saturated rings. The third-order valence-electron chi connectivity index (χ3n) is 5.55. The van der Waals surface area contributed by atoms with Crippen LogP contribution >= 0.6 is 0 Å². The summed E-state index contributed by atoms with van der Waals surface area (Å²) in [7, 11) is 0. The van der Waals surface area contributed by atoms with Gasteiger partial charge in [-0.1, -0.05) is 6.42 Å². The van der Waals surface area contributed by atoms with Crippen molar-refractivity contribution in [2.24, 2.45) is 5.73 Å². The quantitative estimate of drug-likeness (QED) is 0.519. The Kier molecular flexibility index (Phi) is 6.38. The number of fused-ring (bicyclic) bond motifs is 1. The second-order valence-corrected chi connectivity index (χ2v) is 8.11. The molecule has 0 radical (unpaired) electrons. The van der Waals surface area contributed by atoms with Gasteiger partial charge >= 0.3 is 0 Å². The Morgan fingerprint density at radius 1 is 1.13 bits per heavy atom. The number of primary amides is 1. The van der Waals surface area contributed by atoms with Gasteiger partial charge in [0.25, 0.3) is 0 Å². The SMILES string of the molecule is CC(C)(NC=O)C(N)=O.Fc1ccc(-c2[nH]c3c(F)cc(F)cc3c2C2CCC2)cc1. The molecule has 164 valence electrons. The van der Waals surface area contributed by atoms with Crippen molar-refractivity contribution < 1.29 is 22.8 Å². The average Bonchev–Trinajstić information content (AvgIpc) is 3.01. The molecule has 0 unspecified atom stereocenters. The van der Waals surface area contributed by atoms with Crippen LogP contribution < -0.4 is 11.1 Å². The zero-order chi connectivity index (χ0) is 22.8. The highest BCUT2D eigenvalue weighted by Crippen LogP contribution is 2.45. The molecular weight excluding hydrogens is 407 g/mol. The summed E-state index contributed by atoms with van der Waals surface area (Å²) < 4.78 is 40.8. The van der Waals surface area contributed by atoms with E-state index in [4.69, 9.17) is 5.73 Å². The molecule has 1 aliphatic carbocycles. The number of amides is 2. The van der Waals surface area contributed by atoms with Crippen molar-refractivity contribution in [2.75, 3.05) is 0 Å². The smallest absolute Gasteiger partial charge is 0.242 e. The molecule has 0 saturated heterocycles. The molecule has 0 bridgehead atoms. The molecule has 4 rings (SSSR count). The molecular formula is C23H24F3N3O2. The van der Waals surface area contributed by atoms with Crippen LogP contribution in [0.15, 0.2) is 36.4 Å². The number of nitrogens with one attached hydrogen (secondary N) is 2. The Balaban J connectivity index is 0.000000259. The van der Waals surface area contributed by atoms with Crippen molar-refractivity contribution in [1.29, 1.82) is 0 Å². The van der Waals surface area contributed by atoms with Crippen molar-refractivity contribution in [3.05, 3.63) is 59.4 Å². The summed E-state index contributed by atoms with van der Waals surface area (Å²) in [5.41, 5.74) is 6.80. The van der Waals surface area contributed by atoms with Gasteiger partial charge in [0.2, 0.25) is 12.3 Å². The number of hydrogen-bond donors (Lipinski definition) is 3. The van der Waals surface area contributed by atoms with Crippen molar-refractivity contribution in [2.45, 2.75) is 44.6 Å². The molecule has 0 aliphatic heterocycles. The summed E-state index contributed by atoms with van der Waals surface area (Å²) >= 11 is 0. The highest BCUT2D eigenvalue weighted by atomic mass is 19.1. The van der Waals surface area contributed by atoms with E-state index >= 15 is 0 Å². The molecule has 2 amide bonds. The van der Waals surface area contributed by atoms with Crippen LogP contribution in [0.3, 0.4) is 0 Å². The highest BCUT2D eigenvalue weighted by molar-refractivity contribution is 5.92. The lowest BCUT2D eigenvalue weighted by Crippen LogP contribution is -2.49. The minimum absolute atomic E-state index is 0.301. The summed E-state index contributed by atoms with van der Waals surface area (Å²) in [6.07, 6.45) is 3.60. The molecule has 2 aromatic carbocycles. The minimum atomic E-state index is -0.929. The van der Waals surface area contributed by atoms with E-state index < -0.39 is 23.1 Å². The number of nitrogens with two attached hydrogens (primary N) is 1. The minimum Gasteiger partial charge on any atom is -0.368 e. The second-order valence-electron chi connectivity index (χ2n) is 8.11. The van der Waals surface area contributed by atoms with E-state index in [1.807, 2.05) is 0 Å². The summed E-state index contributed by atoms with van der Waals surface area (Å²) in [5.74, 6) is -1.73. The van der Waals surface area contributed by atoms with Gasteiger partial charge in [-0.15, -0.1) is 0 Å². The molecule has 3 aromatic rings. The molecule has 0 spiro atoms. The zero-order valence-electron chi connectivity index (χ0n) is 17.3. The number of aromatic nitrogens is 1. The Labute approximate surface area is 177 Å². The van der Waals surface area contributed by atoms with E-state index in [0.717, 1.165) is 42.1 Å². The number of hydrogen-bond acceptors (Lipinski definition) is 2. The third kappa shape index (κ3) is 4.73. The third-order valence-corrected chi connectivity index (χ3v) is 5.55. The van der Waals surface area contributed by atoms with Gasteiger partial charge in [-0.25, -0.2) is 13.2 Å². The van der Waals surface area contributed by atoms with Crippen molar-refractivity contribution >= 4 is 23.2 Å². The van der Waals surface area contributed by atoms with E-state index in [9.17, 15) is 22.8 Å². The first kappa shape index (κ1) is 22.4. The van der Waals surface area contributed by atoms with Crippen LogP contribution in [-0.4, -0.2) is 22.8 Å². The summed E-state index contributed by atoms with van der Waals surface area (Å²) in [4.78, 5) is 23.3. The Morgan fingerprint density at radius 2 is 1.77 bits per heavy atom. The standard InChI is InChI=1S/C18H14F3N.C5H10N2O2/c19-12-6-4-11(5-7-12)17-16(10-2-1-3-10)14-8-13(20)9-15(21)18(14)22-17;1-5(2,4(6)9)7-3-8/h4-10,22H,1-3H2;3H,1-2H3,(H2,6,9)(H,7,8). The highest BCUT2D eigenvalue weighted by Gasteiger charge is 2.28. The maximum atomic E-state index is 14.1. The average molecular weight is 431 g/mol. The summed E-state index contributed by atoms with van der Waals surface area (Å²) in [6.45, 7) is 3.06. The number of carbonyl (C=O) groups is 2. The van der Waals surface area contributed by atoms with Crippen molar-refractivity contribution in [3.8, 4) is 11.3 Å². The first-order valence-corrected chi connectivity index (χ1v) is 9.92. The molecule has 1 aromatic heterocycles. The molecule has 1 saturated carbocycles. The van der Waals surface area contributed by atoms with Crippen LogP contribution in [0.4, 0.5) is 13.2 Å². The van der Waals surface area contributed by atoms with Gasteiger partial charge in [0.1, 0.15) is 23.0 Å². The molecule has 1 heterocycles. The van der Waals surface area contributed by atoms with Crippen LogP contribution in [0.1, 0.15) is 44.6 Å². The van der Waals surface area contributed by atoms with E-state index in [1.165, 1.54) is 32.0 Å². The van der Waals surface area contributed by atoms with Crippen LogP contribution in [0.25, 0.3) is 22.2 Å². The topological polar surface area (TPSA) is 88.0 Å². The molecule has 31 heavy (non-hydrogen) atoms. The first-order valence-electron chi connectivity index (χ1n) is 9.92. The lowest BCUT2D eigenvalue weighted by Gasteiger charge is -2.26. The maximum absolute atomic E-state index is 14.1. The van der Waals surface area contributed by atoms with Crippen molar-refractivity contribution in [1.82, 2.24) is 10.3 Å². The van der Waals surface area contributed by atoms with Gasteiger partial charge in [-0.2, -0.15) is 0 Å². The predicted octanol–water partition coefficient (Wildman–Crippen LogP) is 4.52. The molecule has 8 heteroatoms. The Bertz CT molecular complexity index is 1100. The van der Waals surface area contributed by atoms with Gasteiger partial charge in [0, 0.05) is 11.5 Å². The van der Waals surface area contributed by atoms with E-state index in [-0.39, 0.29) is 5.82 Å². The molecule has 4 N–H and O–H groups in total. The Hall–Kier alpha value is -3.29. The van der Waals surface area contributed by atoms with Crippen molar-refractivity contribution in [3.63, 3.8) is 0 Å². The van der Waals surface area contributed by atoms with Gasteiger partial charge in [-0.05, 0) is 74.1 Å². The van der Waals surface area contributed by atoms with Gasteiger partial charge in [-0.3, -0.25) is 9.59 Å². The van der Waals surface area contributed by atoms with Gasteiger partial charge in [0.05, 0.1) is 11.2 Å². The van der Waals surface area contributed by atoms with E-state index in [1.54, 1.807) is 12.1 Å². The van der Waals surface area contributed by atoms with E-state index in [2.05, 4.69) is 10.3 Å². The summed E-state index contributed by atoms with van der Waals surface area (Å²) in [6, 6.07) is 8.35. The molecule has 0 atom stereocenters. The number of carbonyl (C=O) groups excluding carboxylic acids is 2. The van der Waals surface area contributed by atoms with Crippen LogP contribution in [0, 0.1) is 17.5 Å². The number of rotatable bonds is 5. The fourth-order valence-corrected chi connectivity index (χ4v) is 3.42. The monoisotopic (exact) mass is 431 g/mol. The zero-order valence-corrected chi connectivity index (χ0v) is 17.3. The fourth-order valence-electron chi connectivity index (χ4n) is 3.42. The Morgan fingerprint density at radius 3 is 2.26 bits per heavy atom. The van der Waals surface area contributed by atoms with Crippen LogP contribution in [0.2, 0.25) is 0 Å². The van der Waals surface area contributed by atoms with E-state index in [0.29, 0.717) is 23.2 Å². The largest absolute Gasteiger partial charge is 0.368 e. The van der Waals surface area contributed by atoms with Crippen LogP contribution in [-0.2, 0) is 9.59 Å². The lowest BCUT2D eigenvalue weighted by molar-refractivity contribution is -0.126. The maximum Gasteiger partial charge on any atom is 0.242 e. The number of aromatic amines is 1. The van der Waals surface area contributed by atoms with Crippen LogP contribution in [0.5, 0.6) is 0 Å². The first-order chi connectivity index (χ1) is 14.6. The number of benzene rings is 2. The molecule has 1 aliphatic rings. The lowest BCUT2D eigenvalue weighted by atomic mass is 9.78. The van der Waals surface area contributed by atoms with Gasteiger partial charge in [0.15, 0.2) is 0 Å². The number of halogens is 3. The second kappa shape index (κ2) is 8.83. The van der Waals surface area contributed by atoms with Gasteiger partial charge < -0.3 is 16.0 Å².